The van der Waals surface area contributed by atoms with E-state index in [4.69, 9.17) is 5.73 Å². The van der Waals surface area contributed by atoms with Crippen molar-refractivity contribution in [3.8, 4) is 0 Å². The third-order valence-electron chi connectivity index (χ3n) is 5.08. The third-order valence-corrected chi connectivity index (χ3v) is 5.08. The minimum Gasteiger partial charge on any atom is -0.371 e. The molecule has 1 aromatic carbocycles. The topological polar surface area (TPSA) is 32.5 Å². The number of likely N-dealkylation sites (tertiary alicyclic amines) is 1. The Morgan fingerprint density at radius 1 is 1.33 bits per heavy atom. The summed E-state index contributed by atoms with van der Waals surface area (Å²) in [5.41, 5.74) is 8.22. The lowest BCUT2D eigenvalue weighted by Crippen LogP contribution is -2.49. The first kappa shape index (κ1) is 14.8. The molecule has 1 unspecified atom stereocenters. The van der Waals surface area contributed by atoms with E-state index in [1.54, 1.807) is 12.1 Å². The van der Waals surface area contributed by atoms with Crippen LogP contribution < -0.4 is 10.6 Å². The number of nitrogens with two attached hydrogens (primary N) is 1. The van der Waals surface area contributed by atoms with Gasteiger partial charge >= 0.3 is 0 Å². The van der Waals surface area contributed by atoms with E-state index in [0.29, 0.717) is 0 Å². The number of rotatable bonds is 4. The maximum atomic E-state index is 13.8. The number of piperidine rings is 1. The predicted molar refractivity (Wildman–Crippen MR) is 85.3 cm³/mol. The minimum atomic E-state index is -0.106. The average Bonchev–Trinajstić information content (AvgIpc) is 2.78. The van der Waals surface area contributed by atoms with Gasteiger partial charge in [0.25, 0.3) is 0 Å². The molecule has 116 valence electrons. The van der Waals surface area contributed by atoms with E-state index in [-0.39, 0.29) is 11.2 Å². The number of nitrogens with zero attached hydrogens (tertiary/aromatic N) is 2. The molecule has 1 spiro atoms. The van der Waals surface area contributed by atoms with Crippen molar-refractivity contribution in [1.29, 1.82) is 0 Å². The largest absolute Gasteiger partial charge is 0.371 e. The number of halogens is 1. The van der Waals surface area contributed by atoms with Gasteiger partial charge in [0.05, 0.1) is 0 Å². The lowest BCUT2D eigenvalue weighted by molar-refractivity contribution is 0.153. The normalized spacial score (nSPS) is 25.6. The zero-order valence-corrected chi connectivity index (χ0v) is 12.9. The van der Waals surface area contributed by atoms with Gasteiger partial charge in [-0.2, -0.15) is 0 Å². The Morgan fingerprint density at radius 2 is 2.19 bits per heavy atom. The summed E-state index contributed by atoms with van der Waals surface area (Å²) in [5.74, 6) is -0.106. The molecule has 0 bridgehead atoms. The second kappa shape index (κ2) is 5.93. The van der Waals surface area contributed by atoms with Crippen molar-refractivity contribution < 1.29 is 4.39 Å². The molecule has 0 saturated carbocycles. The summed E-state index contributed by atoms with van der Waals surface area (Å²) in [6.45, 7) is 8.20. The molecule has 3 rings (SSSR count). The molecule has 1 atom stereocenters. The van der Waals surface area contributed by atoms with E-state index >= 15 is 0 Å². The van der Waals surface area contributed by atoms with Crippen LogP contribution in [-0.4, -0.2) is 44.2 Å². The Kier molecular flexibility index (Phi) is 4.18. The number of benzene rings is 1. The van der Waals surface area contributed by atoms with Crippen molar-refractivity contribution >= 4 is 5.69 Å². The maximum absolute atomic E-state index is 13.8. The van der Waals surface area contributed by atoms with E-state index in [1.165, 1.54) is 24.1 Å². The molecule has 2 aliphatic rings. The van der Waals surface area contributed by atoms with Crippen molar-refractivity contribution in [2.45, 2.75) is 31.6 Å². The van der Waals surface area contributed by atoms with Gasteiger partial charge in [0.1, 0.15) is 5.82 Å². The van der Waals surface area contributed by atoms with Crippen LogP contribution in [0, 0.1) is 5.82 Å². The highest BCUT2D eigenvalue weighted by Crippen LogP contribution is 2.46. The molecule has 4 heteroatoms. The smallest absolute Gasteiger partial charge is 0.123 e. The highest BCUT2D eigenvalue weighted by molar-refractivity contribution is 5.63. The molecule has 3 nitrogen and oxygen atoms in total. The van der Waals surface area contributed by atoms with Crippen LogP contribution in [0.3, 0.4) is 0 Å². The summed E-state index contributed by atoms with van der Waals surface area (Å²) in [7, 11) is 0. The van der Waals surface area contributed by atoms with Gasteiger partial charge in [-0.05, 0) is 69.6 Å². The Labute approximate surface area is 126 Å². The maximum Gasteiger partial charge on any atom is 0.123 e. The molecule has 0 radical (unpaired) electrons. The van der Waals surface area contributed by atoms with Crippen LogP contribution in [0.25, 0.3) is 0 Å². The first-order valence-corrected chi connectivity index (χ1v) is 8.16. The zero-order valence-electron chi connectivity index (χ0n) is 12.9. The van der Waals surface area contributed by atoms with Gasteiger partial charge in [-0.15, -0.1) is 0 Å². The Balaban J connectivity index is 1.89. The third kappa shape index (κ3) is 2.67. The summed E-state index contributed by atoms with van der Waals surface area (Å²) in [5, 5.41) is 0. The Morgan fingerprint density at radius 3 is 2.95 bits per heavy atom. The van der Waals surface area contributed by atoms with Gasteiger partial charge in [0.2, 0.25) is 0 Å². The standard InChI is InChI=1S/C17H26FN3/c1-2-21-13-17(15-11-14(18)5-6-16(15)21)7-3-9-20(12-17)10-4-8-19/h5-6,11H,2-4,7-10,12-13,19H2,1H3. The van der Waals surface area contributed by atoms with Gasteiger partial charge < -0.3 is 15.5 Å². The molecular weight excluding hydrogens is 265 g/mol. The van der Waals surface area contributed by atoms with Gasteiger partial charge in [-0.1, -0.05) is 0 Å². The predicted octanol–water partition coefficient (Wildman–Crippen LogP) is 2.35. The van der Waals surface area contributed by atoms with Crippen molar-refractivity contribution in [2.75, 3.05) is 44.2 Å². The van der Waals surface area contributed by atoms with Gasteiger partial charge in [0.15, 0.2) is 0 Å². The molecule has 0 aliphatic carbocycles. The van der Waals surface area contributed by atoms with Crippen molar-refractivity contribution in [3.63, 3.8) is 0 Å². The fraction of sp³-hybridized carbons (Fsp3) is 0.647. The van der Waals surface area contributed by atoms with Crippen LogP contribution in [0.15, 0.2) is 18.2 Å². The van der Waals surface area contributed by atoms with Crippen LogP contribution in [-0.2, 0) is 5.41 Å². The highest BCUT2D eigenvalue weighted by Gasteiger charge is 2.44. The molecule has 1 fully saturated rings. The van der Waals surface area contributed by atoms with E-state index in [9.17, 15) is 4.39 Å². The fourth-order valence-electron chi connectivity index (χ4n) is 4.11. The summed E-state index contributed by atoms with van der Waals surface area (Å²) in [4.78, 5) is 4.92. The number of likely N-dealkylation sites (N-methyl/N-ethyl adjacent to an activating group) is 1. The van der Waals surface area contributed by atoms with Crippen LogP contribution in [0.5, 0.6) is 0 Å². The minimum absolute atomic E-state index is 0.106. The molecule has 0 aromatic heterocycles. The monoisotopic (exact) mass is 291 g/mol. The van der Waals surface area contributed by atoms with Gasteiger partial charge in [-0.25, -0.2) is 4.39 Å². The van der Waals surface area contributed by atoms with Crippen LogP contribution in [0.4, 0.5) is 10.1 Å². The molecule has 2 N–H and O–H groups in total. The Bertz CT molecular complexity index is 505. The van der Waals surface area contributed by atoms with Crippen molar-refractivity contribution in [1.82, 2.24) is 4.90 Å². The summed E-state index contributed by atoms with van der Waals surface area (Å²) in [6, 6.07) is 5.33. The first-order chi connectivity index (χ1) is 10.2. The highest BCUT2D eigenvalue weighted by atomic mass is 19.1. The molecule has 0 amide bonds. The van der Waals surface area contributed by atoms with Gasteiger partial charge in [-0.3, -0.25) is 0 Å². The van der Waals surface area contributed by atoms with Crippen molar-refractivity contribution in [2.24, 2.45) is 5.73 Å². The van der Waals surface area contributed by atoms with Crippen LogP contribution >= 0.6 is 0 Å². The number of hydrogen-bond donors (Lipinski definition) is 1. The lowest BCUT2D eigenvalue weighted by Gasteiger charge is -2.41. The van der Waals surface area contributed by atoms with E-state index in [1.807, 2.05) is 6.07 Å². The molecule has 2 aliphatic heterocycles. The summed E-state index contributed by atoms with van der Waals surface area (Å²) in [6.07, 6.45) is 3.40. The zero-order chi connectivity index (χ0) is 14.9. The second-order valence-electron chi connectivity index (χ2n) is 6.48. The number of hydrogen-bond acceptors (Lipinski definition) is 3. The van der Waals surface area contributed by atoms with Crippen molar-refractivity contribution in [3.05, 3.63) is 29.6 Å². The van der Waals surface area contributed by atoms with Gasteiger partial charge in [0, 0.05) is 30.7 Å². The number of anilines is 1. The first-order valence-electron chi connectivity index (χ1n) is 8.16. The SMILES string of the molecule is CCN1CC2(CCCN(CCCN)C2)c2cc(F)ccc21. The van der Waals surface area contributed by atoms with E-state index in [2.05, 4.69) is 16.7 Å². The average molecular weight is 291 g/mol. The second-order valence-corrected chi connectivity index (χ2v) is 6.48. The molecule has 1 saturated heterocycles. The molecule has 2 heterocycles. The van der Waals surface area contributed by atoms with Crippen LogP contribution in [0.2, 0.25) is 0 Å². The van der Waals surface area contributed by atoms with E-state index in [0.717, 1.165) is 45.7 Å². The Hall–Kier alpha value is -1.13. The van der Waals surface area contributed by atoms with E-state index < -0.39 is 0 Å². The molecule has 21 heavy (non-hydrogen) atoms. The fourth-order valence-corrected chi connectivity index (χ4v) is 4.11. The lowest BCUT2D eigenvalue weighted by atomic mass is 9.75. The molecular formula is C17H26FN3. The molecule has 1 aromatic rings. The summed E-state index contributed by atoms with van der Waals surface area (Å²) < 4.78 is 13.8. The summed E-state index contributed by atoms with van der Waals surface area (Å²) >= 11 is 0. The quantitative estimate of drug-likeness (QED) is 0.924. The number of fused-ring (bicyclic) bond motifs is 2. The van der Waals surface area contributed by atoms with Crippen LogP contribution in [0.1, 0.15) is 31.7 Å².